The summed E-state index contributed by atoms with van der Waals surface area (Å²) in [5.74, 6) is -1.84. The van der Waals surface area contributed by atoms with Gasteiger partial charge in [0.25, 0.3) is 5.91 Å². The fourth-order valence-corrected chi connectivity index (χ4v) is 7.18. The first-order valence-electron chi connectivity index (χ1n) is 14.7. The third kappa shape index (κ3) is 5.08. The molecule has 8 nitrogen and oxygen atoms in total. The number of unbranched alkanes of at least 4 members (excludes halogenated alkanes) is 3. The Kier molecular flexibility index (Phi) is 8.61. The van der Waals surface area contributed by atoms with Gasteiger partial charge in [-0.2, -0.15) is 0 Å². The summed E-state index contributed by atoms with van der Waals surface area (Å²) in [6.45, 7) is 8.85. The number of anilines is 1. The fourth-order valence-electron chi connectivity index (χ4n) is 7.18. The van der Waals surface area contributed by atoms with Crippen molar-refractivity contribution in [3.63, 3.8) is 0 Å². The van der Waals surface area contributed by atoms with Crippen LogP contribution in [0.1, 0.15) is 38.5 Å². The average Bonchev–Trinajstić information content (AvgIpc) is 3.62. The van der Waals surface area contributed by atoms with Crippen molar-refractivity contribution in [1.82, 2.24) is 9.80 Å². The number of hydrogen-bond donors (Lipinski definition) is 1. The first-order chi connectivity index (χ1) is 19.9. The van der Waals surface area contributed by atoms with Gasteiger partial charge < -0.3 is 24.5 Å². The Morgan fingerprint density at radius 1 is 1.05 bits per heavy atom. The minimum Gasteiger partial charge on any atom is -0.396 e. The lowest BCUT2D eigenvalue weighted by atomic mass is 9.70. The van der Waals surface area contributed by atoms with Gasteiger partial charge >= 0.3 is 0 Å². The Morgan fingerprint density at radius 3 is 2.51 bits per heavy atom. The summed E-state index contributed by atoms with van der Waals surface area (Å²) < 4.78 is 6.62. The van der Waals surface area contributed by atoms with E-state index >= 15 is 0 Å². The predicted molar refractivity (Wildman–Crippen MR) is 159 cm³/mol. The maximum absolute atomic E-state index is 14.7. The second-order valence-electron chi connectivity index (χ2n) is 11.5. The number of benzene rings is 2. The molecule has 1 N–H and O–H groups in total. The molecule has 2 bridgehead atoms. The molecule has 0 radical (unpaired) electrons. The number of likely N-dealkylation sites (N-methyl/N-ethyl adjacent to an activating group) is 1. The predicted octanol–water partition coefficient (Wildman–Crippen LogP) is 3.93. The Bertz CT molecular complexity index is 1330. The summed E-state index contributed by atoms with van der Waals surface area (Å²) in [5.41, 5.74) is -0.315. The molecule has 3 aliphatic rings. The van der Waals surface area contributed by atoms with Gasteiger partial charge in [0.15, 0.2) is 0 Å². The van der Waals surface area contributed by atoms with Crippen molar-refractivity contribution in [2.75, 3.05) is 38.2 Å². The number of aliphatic hydroxyl groups is 1. The molecule has 5 atom stereocenters. The van der Waals surface area contributed by atoms with E-state index in [0.717, 1.165) is 29.3 Å². The van der Waals surface area contributed by atoms with Crippen LogP contribution in [-0.4, -0.2) is 83.7 Å². The van der Waals surface area contributed by atoms with Gasteiger partial charge in [-0.25, -0.2) is 0 Å². The number of fused-ring (bicyclic) bond motifs is 2. The highest BCUT2D eigenvalue weighted by Gasteiger charge is 2.74. The summed E-state index contributed by atoms with van der Waals surface area (Å²) in [6, 6.07) is 13.1. The van der Waals surface area contributed by atoms with Gasteiger partial charge in [0.1, 0.15) is 11.6 Å². The monoisotopic (exact) mass is 559 g/mol. The van der Waals surface area contributed by atoms with Crippen LogP contribution in [-0.2, 0) is 19.1 Å². The number of carbonyl (C=O) groups is 3. The van der Waals surface area contributed by atoms with Gasteiger partial charge in [0.2, 0.25) is 11.8 Å². The molecule has 1 spiro atoms. The quantitative estimate of drug-likeness (QED) is 0.297. The molecule has 2 aromatic rings. The zero-order valence-corrected chi connectivity index (χ0v) is 23.9. The fraction of sp³-hybridized carbons (Fsp3) is 0.485. The van der Waals surface area contributed by atoms with Crippen molar-refractivity contribution in [2.24, 2.45) is 11.8 Å². The molecule has 218 valence electrons. The van der Waals surface area contributed by atoms with Crippen molar-refractivity contribution >= 4 is 34.2 Å². The van der Waals surface area contributed by atoms with E-state index in [1.807, 2.05) is 42.5 Å². The molecule has 3 amide bonds. The second kappa shape index (κ2) is 12.2. The number of aliphatic hydroxyl groups excluding tert-OH is 1. The largest absolute Gasteiger partial charge is 0.396 e. The van der Waals surface area contributed by atoms with Crippen molar-refractivity contribution in [2.45, 2.75) is 56.3 Å². The van der Waals surface area contributed by atoms with E-state index in [2.05, 4.69) is 13.2 Å². The summed E-state index contributed by atoms with van der Waals surface area (Å²) in [6.07, 6.45) is 7.24. The molecule has 3 fully saturated rings. The normalized spacial score (nSPS) is 26.3. The number of rotatable bonds is 13. The first-order valence-corrected chi connectivity index (χ1v) is 14.7. The van der Waals surface area contributed by atoms with Crippen LogP contribution in [0.3, 0.4) is 0 Å². The minimum atomic E-state index is -1.05. The van der Waals surface area contributed by atoms with E-state index in [0.29, 0.717) is 38.8 Å². The molecule has 0 aromatic heterocycles. The number of likely N-dealkylation sites (tertiary alicyclic amines) is 1. The van der Waals surface area contributed by atoms with Crippen LogP contribution in [0.25, 0.3) is 10.8 Å². The highest BCUT2D eigenvalue weighted by atomic mass is 16.5. The zero-order chi connectivity index (χ0) is 29.1. The van der Waals surface area contributed by atoms with Gasteiger partial charge in [-0.05, 0) is 48.6 Å². The lowest BCUT2D eigenvalue weighted by Gasteiger charge is -2.37. The molecular formula is C33H41N3O5. The van der Waals surface area contributed by atoms with E-state index in [-0.39, 0.29) is 37.0 Å². The zero-order valence-electron chi connectivity index (χ0n) is 23.9. The minimum absolute atomic E-state index is 0.133. The highest BCUT2D eigenvalue weighted by molar-refractivity contribution is 6.05. The number of hydrogen-bond acceptors (Lipinski definition) is 5. The molecule has 8 heteroatoms. The lowest BCUT2D eigenvalue weighted by Crippen LogP contribution is -2.56. The van der Waals surface area contributed by atoms with E-state index in [1.165, 1.54) is 0 Å². The van der Waals surface area contributed by atoms with Gasteiger partial charge in [0.05, 0.1) is 17.9 Å². The van der Waals surface area contributed by atoms with E-state index < -0.39 is 23.5 Å². The van der Waals surface area contributed by atoms with E-state index in [1.54, 1.807) is 33.9 Å². The molecule has 3 saturated heterocycles. The Balaban J connectivity index is 1.52. The van der Waals surface area contributed by atoms with Crippen LogP contribution in [0.15, 0.2) is 67.8 Å². The van der Waals surface area contributed by atoms with Crippen LogP contribution >= 0.6 is 0 Å². The Morgan fingerprint density at radius 2 is 1.78 bits per heavy atom. The summed E-state index contributed by atoms with van der Waals surface area (Å²) in [7, 11) is 1.72. The van der Waals surface area contributed by atoms with Crippen molar-refractivity contribution in [1.29, 1.82) is 0 Å². The summed E-state index contributed by atoms with van der Waals surface area (Å²) in [5, 5.41) is 11.3. The second-order valence-corrected chi connectivity index (χ2v) is 11.5. The average molecular weight is 560 g/mol. The number of amides is 3. The lowest BCUT2D eigenvalue weighted by molar-refractivity contribution is -0.144. The van der Waals surface area contributed by atoms with Crippen molar-refractivity contribution in [3.05, 3.63) is 67.8 Å². The third-order valence-corrected chi connectivity index (χ3v) is 9.03. The van der Waals surface area contributed by atoms with Crippen LogP contribution in [0.2, 0.25) is 0 Å². The summed E-state index contributed by atoms with van der Waals surface area (Å²) in [4.78, 5) is 47.5. The first kappa shape index (κ1) is 29.0. The molecular weight excluding hydrogens is 518 g/mol. The molecule has 2 aromatic carbocycles. The SMILES string of the molecule is C=CCN(C)C(=O)[C@@H]1[C@H]2C(=O)N(CCCCCCO)C(C(=O)N(CC=C)c3ccc4ccccc4c3)C23CC[C@H]1O3. The number of ether oxygens (including phenoxy) is 1. The number of nitrogens with zero attached hydrogens (tertiary/aromatic N) is 3. The van der Waals surface area contributed by atoms with Crippen molar-refractivity contribution < 1.29 is 24.2 Å². The Labute approximate surface area is 242 Å². The number of carbonyl (C=O) groups excluding carboxylic acids is 3. The molecule has 0 aliphatic carbocycles. The maximum atomic E-state index is 14.7. The van der Waals surface area contributed by atoms with Crippen LogP contribution in [0.4, 0.5) is 5.69 Å². The molecule has 3 heterocycles. The van der Waals surface area contributed by atoms with Gasteiger partial charge in [-0.1, -0.05) is 55.3 Å². The van der Waals surface area contributed by atoms with Gasteiger partial charge in [-0.15, -0.1) is 13.2 Å². The topological polar surface area (TPSA) is 90.4 Å². The highest BCUT2D eigenvalue weighted by Crippen LogP contribution is 2.59. The van der Waals surface area contributed by atoms with Crippen LogP contribution < -0.4 is 4.90 Å². The third-order valence-electron chi connectivity index (χ3n) is 9.03. The molecule has 41 heavy (non-hydrogen) atoms. The smallest absolute Gasteiger partial charge is 0.253 e. The molecule has 3 aliphatic heterocycles. The molecule has 0 saturated carbocycles. The molecule has 2 unspecified atom stereocenters. The standard InChI is InChI=1S/C33H41N3O5/c1-4-18-34(3)30(38)27-26-16-17-33(41-26)28(27)31(39)36(20-10-6-7-11-21-37)29(33)32(40)35(19-5-2)25-15-14-23-12-8-9-13-24(23)22-25/h4-5,8-9,12-15,22,26-29,37H,1-2,6-7,10-11,16-21H2,3H3/t26-,27+,28+,29?,33?/m1/s1. The molecule has 5 rings (SSSR count). The van der Waals surface area contributed by atoms with E-state index in [9.17, 15) is 19.5 Å². The van der Waals surface area contributed by atoms with Crippen LogP contribution in [0.5, 0.6) is 0 Å². The van der Waals surface area contributed by atoms with Gasteiger partial charge in [0, 0.05) is 39.0 Å². The van der Waals surface area contributed by atoms with E-state index in [4.69, 9.17) is 4.74 Å². The van der Waals surface area contributed by atoms with Crippen LogP contribution in [0, 0.1) is 11.8 Å². The Hall–Kier alpha value is -3.49. The maximum Gasteiger partial charge on any atom is 0.253 e. The van der Waals surface area contributed by atoms with Gasteiger partial charge in [-0.3, -0.25) is 14.4 Å². The summed E-state index contributed by atoms with van der Waals surface area (Å²) >= 11 is 0. The van der Waals surface area contributed by atoms with Crippen molar-refractivity contribution in [3.8, 4) is 0 Å².